The van der Waals surface area contributed by atoms with Gasteiger partial charge in [-0.3, -0.25) is 9.78 Å². The van der Waals surface area contributed by atoms with E-state index in [0.717, 1.165) is 29.4 Å². The number of carbonyl (C=O) groups is 1. The lowest BCUT2D eigenvalue weighted by atomic mass is 10.2. The van der Waals surface area contributed by atoms with E-state index in [1.54, 1.807) is 7.11 Å². The predicted octanol–water partition coefficient (Wildman–Crippen LogP) is 2.91. The minimum atomic E-state index is -0.555. The highest BCUT2D eigenvalue weighted by Crippen LogP contribution is 2.19. The number of anilines is 3. The van der Waals surface area contributed by atoms with Crippen LogP contribution in [-0.4, -0.2) is 41.1 Å². The molecule has 29 heavy (non-hydrogen) atoms. The van der Waals surface area contributed by atoms with Gasteiger partial charge in [-0.2, -0.15) is 4.98 Å². The molecule has 0 fully saturated rings. The van der Waals surface area contributed by atoms with Crippen molar-refractivity contribution >= 4 is 23.4 Å². The number of hydrogen-bond acceptors (Lipinski definition) is 7. The Morgan fingerprint density at radius 2 is 1.90 bits per heavy atom. The number of halogens is 1. The third-order valence-electron chi connectivity index (χ3n) is 3.88. The molecule has 1 amide bonds. The van der Waals surface area contributed by atoms with Crippen molar-refractivity contribution in [3.8, 4) is 5.75 Å². The monoisotopic (exact) mass is 396 g/mol. The summed E-state index contributed by atoms with van der Waals surface area (Å²) in [7, 11) is 1.62. The molecule has 0 aliphatic heterocycles. The molecule has 3 N–H and O–H groups in total. The number of amides is 1. The van der Waals surface area contributed by atoms with Gasteiger partial charge in [-0.1, -0.05) is 0 Å². The van der Waals surface area contributed by atoms with Crippen LogP contribution >= 0.6 is 0 Å². The molecule has 2 heterocycles. The van der Waals surface area contributed by atoms with E-state index in [2.05, 4.69) is 30.9 Å². The highest BCUT2D eigenvalue weighted by atomic mass is 19.1. The molecular formula is C20H21FN6O2. The molecule has 0 atom stereocenters. The Balaban J connectivity index is 1.53. The number of nitrogens with one attached hydrogen (secondary N) is 3. The van der Waals surface area contributed by atoms with Crippen molar-refractivity contribution in [3.63, 3.8) is 0 Å². The number of nitrogens with zero attached hydrogens (tertiary/aromatic N) is 3. The normalized spacial score (nSPS) is 10.3. The Labute approximate surface area is 167 Å². The fraction of sp³-hybridized carbons (Fsp3) is 0.200. The molecule has 0 unspecified atom stereocenters. The first-order chi connectivity index (χ1) is 14.0. The van der Waals surface area contributed by atoms with Crippen LogP contribution in [0.5, 0.6) is 5.75 Å². The summed E-state index contributed by atoms with van der Waals surface area (Å²) in [6, 6.07) is 10.4. The number of aryl methyl sites for hydroxylation is 1. The van der Waals surface area contributed by atoms with Crippen molar-refractivity contribution in [1.82, 2.24) is 20.3 Å². The van der Waals surface area contributed by atoms with Gasteiger partial charge < -0.3 is 20.7 Å². The Hall–Kier alpha value is -3.75. The number of carbonyl (C=O) groups excluding carboxylic acids is 1. The Morgan fingerprint density at radius 1 is 1.10 bits per heavy atom. The second kappa shape index (κ2) is 9.45. The van der Waals surface area contributed by atoms with Gasteiger partial charge in [0.1, 0.15) is 17.4 Å². The molecule has 0 saturated carbocycles. The van der Waals surface area contributed by atoms with E-state index in [9.17, 15) is 9.18 Å². The van der Waals surface area contributed by atoms with E-state index in [1.165, 1.54) is 6.20 Å². The molecule has 0 saturated heterocycles. The molecule has 9 heteroatoms. The summed E-state index contributed by atoms with van der Waals surface area (Å²) in [5, 5.41) is 8.96. The van der Waals surface area contributed by atoms with E-state index in [1.807, 2.05) is 37.3 Å². The minimum absolute atomic E-state index is 0.169. The van der Waals surface area contributed by atoms with E-state index < -0.39 is 11.7 Å². The van der Waals surface area contributed by atoms with E-state index >= 15 is 0 Å². The number of rotatable bonds is 8. The SMILES string of the molecule is COc1ccc(Nc2cc(C)nc(NCCNC(=O)c3cncc(F)c3)n2)cc1. The molecule has 150 valence electrons. The smallest absolute Gasteiger partial charge is 0.253 e. The summed E-state index contributed by atoms with van der Waals surface area (Å²) < 4.78 is 18.3. The van der Waals surface area contributed by atoms with E-state index in [0.29, 0.717) is 24.9 Å². The molecule has 2 aromatic heterocycles. The van der Waals surface area contributed by atoms with Gasteiger partial charge in [0.05, 0.1) is 18.9 Å². The summed E-state index contributed by atoms with van der Waals surface area (Å²) in [6.07, 6.45) is 2.36. The quantitative estimate of drug-likeness (QED) is 0.503. The first-order valence-electron chi connectivity index (χ1n) is 8.93. The fourth-order valence-corrected chi connectivity index (χ4v) is 2.52. The topological polar surface area (TPSA) is 101 Å². The lowest BCUT2D eigenvalue weighted by molar-refractivity contribution is 0.0954. The number of hydrogen-bond donors (Lipinski definition) is 3. The highest BCUT2D eigenvalue weighted by Gasteiger charge is 2.07. The van der Waals surface area contributed by atoms with Gasteiger partial charge in [-0.25, -0.2) is 9.37 Å². The van der Waals surface area contributed by atoms with Gasteiger partial charge >= 0.3 is 0 Å². The van der Waals surface area contributed by atoms with Crippen LogP contribution in [0.25, 0.3) is 0 Å². The third-order valence-corrected chi connectivity index (χ3v) is 3.88. The molecular weight excluding hydrogens is 375 g/mol. The average Bonchev–Trinajstić information content (AvgIpc) is 2.71. The van der Waals surface area contributed by atoms with Gasteiger partial charge in [0, 0.05) is 36.7 Å². The molecule has 3 aromatic rings. The summed E-state index contributed by atoms with van der Waals surface area (Å²) in [6.45, 7) is 2.58. The second-order valence-electron chi connectivity index (χ2n) is 6.15. The summed E-state index contributed by atoms with van der Waals surface area (Å²) >= 11 is 0. The van der Waals surface area contributed by atoms with Crippen LogP contribution in [0.4, 0.5) is 21.8 Å². The summed E-state index contributed by atoms with van der Waals surface area (Å²) in [4.78, 5) is 24.4. The fourth-order valence-electron chi connectivity index (χ4n) is 2.52. The molecule has 0 aliphatic rings. The van der Waals surface area contributed by atoms with Crippen molar-refractivity contribution in [2.75, 3.05) is 30.8 Å². The molecule has 8 nitrogen and oxygen atoms in total. The minimum Gasteiger partial charge on any atom is -0.497 e. The number of aromatic nitrogens is 3. The number of methoxy groups -OCH3 is 1. The van der Waals surface area contributed by atoms with Crippen molar-refractivity contribution in [2.24, 2.45) is 0 Å². The van der Waals surface area contributed by atoms with Gasteiger partial charge in [0.2, 0.25) is 5.95 Å². The Bertz CT molecular complexity index is 981. The third kappa shape index (κ3) is 5.86. The van der Waals surface area contributed by atoms with Crippen molar-refractivity contribution < 1.29 is 13.9 Å². The zero-order valence-corrected chi connectivity index (χ0v) is 16.1. The maximum atomic E-state index is 13.1. The predicted molar refractivity (Wildman–Crippen MR) is 108 cm³/mol. The van der Waals surface area contributed by atoms with Gasteiger partial charge in [0.25, 0.3) is 5.91 Å². The molecule has 0 bridgehead atoms. The number of benzene rings is 1. The highest BCUT2D eigenvalue weighted by molar-refractivity contribution is 5.93. The number of ether oxygens (including phenoxy) is 1. The van der Waals surface area contributed by atoms with Crippen LogP contribution in [-0.2, 0) is 0 Å². The van der Waals surface area contributed by atoms with Crippen LogP contribution in [0.2, 0.25) is 0 Å². The summed E-state index contributed by atoms with van der Waals surface area (Å²) in [5.74, 6) is 0.891. The molecule has 0 aliphatic carbocycles. The van der Waals surface area contributed by atoms with Crippen LogP contribution in [0.1, 0.15) is 16.1 Å². The van der Waals surface area contributed by atoms with Gasteiger partial charge in [-0.15, -0.1) is 0 Å². The van der Waals surface area contributed by atoms with Crippen LogP contribution in [0.15, 0.2) is 48.8 Å². The standard InChI is InChI=1S/C20H21FN6O2/c1-13-9-18(26-16-3-5-17(29-2)6-4-16)27-20(25-13)24-8-7-23-19(28)14-10-15(21)12-22-11-14/h3-6,9-12H,7-8H2,1-2H3,(H,23,28)(H2,24,25,26,27). The molecule has 0 radical (unpaired) electrons. The van der Waals surface area contributed by atoms with E-state index in [-0.39, 0.29) is 5.56 Å². The molecule has 0 spiro atoms. The first kappa shape index (κ1) is 20.0. The zero-order chi connectivity index (χ0) is 20.6. The van der Waals surface area contributed by atoms with Gasteiger partial charge in [-0.05, 0) is 37.3 Å². The van der Waals surface area contributed by atoms with Crippen molar-refractivity contribution in [3.05, 3.63) is 65.9 Å². The van der Waals surface area contributed by atoms with E-state index in [4.69, 9.17) is 4.74 Å². The lowest BCUT2D eigenvalue weighted by Gasteiger charge is -2.11. The maximum Gasteiger partial charge on any atom is 0.253 e. The average molecular weight is 396 g/mol. The first-order valence-corrected chi connectivity index (χ1v) is 8.93. The lowest BCUT2D eigenvalue weighted by Crippen LogP contribution is -2.29. The Morgan fingerprint density at radius 3 is 2.62 bits per heavy atom. The number of pyridine rings is 1. The van der Waals surface area contributed by atoms with Crippen LogP contribution in [0, 0.1) is 12.7 Å². The van der Waals surface area contributed by atoms with Gasteiger partial charge in [0.15, 0.2) is 0 Å². The summed E-state index contributed by atoms with van der Waals surface area (Å²) in [5.41, 5.74) is 1.82. The van der Waals surface area contributed by atoms with Crippen molar-refractivity contribution in [2.45, 2.75) is 6.92 Å². The second-order valence-corrected chi connectivity index (χ2v) is 6.15. The largest absolute Gasteiger partial charge is 0.497 e. The van der Waals surface area contributed by atoms with Crippen LogP contribution < -0.4 is 20.7 Å². The Kier molecular flexibility index (Phi) is 6.51. The zero-order valence-electron chi connectivity index (χ0n) is 16.1. The van der Waals surface area contributed by atoms with Crippen LogP contribution in [0.3, 0.4) is 0 Å². The molecule has 1 aromatic carbocycles. The molecule has 3 rings (SSSR count). The maximum absolute atomic E-state index is 13.1. The van der Waals surface area contributed by atoms with Crippen molar-refractivity contribution in [1.29, 1.82) is 0 Å².